The first-order valence-electron chi connectivity index (χ1n) is 9.11. The number of hydrogen-bond donors (Lipinski definition) is 1. The van der Waals surface area contributed by atoms with Gasteiger partial charge in [0.1, 0.15) is 0 Å². The van der Waals surface area contributed by atoms with Crippen LogP contribution in [0.15, 0.2) is 43.0 Å². The Kier molecular flexibility index (Phi) is 3.82. The van der Waals surface area contributed by atoms with Crippen LogP contribution in [0.5, 0.6) is 0 Å². The number of halogens is 1. The van der Waals surface area contributed by atoms with Crippen molar-refractivity contribution in [3.05, 3.63) is 75.8 Å². The summed E-state index contributed by atoms with van der Waals surface area (Å²) < 4.78 is 0. The van der Waals surface area contributed by atoms with Crippen LogP contribution >= 0.6 is 11.6 Å². The summed E-state index contributed by atoms with van der Waals surface area (Å²) in [6.45, 7) is 8.86. The topological polar surface area (TPSA) is 37.3 Å². The molecule has 0 amide bonds. The molecule has 4 rings (SSSR count). The molecule has 1 fully saturated rings. The van der Waals surface area contributed by atoms with Gasteiger partial charge in [-0.3, -0.25) is 0 Å². The fourth-order valence-electron chi connectivity index (χ4n) is 4.26. The molecule has 1 spiro atoms. The molecule has 3 heteroatoms. The molecule has 1 N–H and O–H groups in total. The summed E-state index contributed by atoms with van der Waals surface area (Å²) in [7, 11) is 0. The molecule has 2 aromatic carbocycles. The van der Waals surface area contributed by atoms with Crippen LogP contribution in [-0.4, -0.2) is 11.1 Å². The van der Waals surface area contributed by atoms with Gasteiger partial charge in [0.25, 0.3) is 0 Å². The highest BCUT2D eigenvalue weighted by Gasteiger charge is 2.50. The van der Waals surface area contributed by atoms with Crippen LogP contribution in [0.4, 0.5) is 0 Å². The molecular weight excluding hydrogens is 344 g/mol. The van der Waals surface area contributed by atoms with E-state index in [4.69, 9.17) is 16.7 Å². The van der Waals surface area contributed by atoms with E-state index in [-0.39, 0.29) is 11.0 Å². The van der Waals surface area contributed by atoms with E-state index in [1.165, 1.54) is 36.8 Å². The number of fused-ring (bicyclic) bond motifs is 2. The Hall–Kier alpha value is -2.06. The largest absolute Gasteiger partial charge is 0.478 e. The van der Waals surface area contributed by atoms with Gasteiger partial charge in [0.15, 0.2) is 0 Å². The molecule has 26 heavy (non-hydrogen) atoms. The fourth-order valence-corrected chi connectivity index (χ4v) is 4.54. The number of hydrogen-bond acceptors (Lipinski definition) is 1. The average Bonchev–Trinajstić information content (AvgIpc) is 3.39. The van der Waals surface area contributed by atoms with Crippen molar-refractivity contribution >= 4 is 23.1 Å². The summed E-state index contributed by atoms with van der Waals surface area (Å²) in [5.74, 6) is -0.926. The predicted molar refractivity (Wildman–Crippen MR) is 106 cm³/mol. The van der Waals surface area contributed by atoms with Crippen LogP contribution in [-0.2, 0) is 10.8 Å². The number of benzene rings is 2. The van der Waals surface area contributed by atoms with Crippen molar-refractivity contribution in [2.75, 3.05) is 0 Å². The summed E-state index contributed by atoms with van der Waals surface area (Å²) in [4.78, 5) is 11.1. The van der Waals surface area contributed by atoms with Gasteiger partial charge in [-0.25, -0.2) is 4.79 Å². The molecule has 0 atom stereocenters. The molecule has 0 unspecified atom stereocenters. The predicted octanol–water partition coefficient (Wildman–Crippen LogP) is 6.20. The lowest BCUT2D eigenvalue weighted by molar-refractivity contribution is 0.0697. The van der Waals surface area contributed by atoms with E-state index >= 15 is 0 Å². The van der Waals surface area contributed by atoms with Gasteiger partial charge in [-0.2, -0.15) is 0 Å². The number of rotatable bonds is 3. The first kappa shape index (κ1) is 17.4. The lowest BCUT2D eigenvalue weighted by Gasteiger charge is -2.38. The number of aromatic carboxylic acids is 1. The van der Waals surface area contributed by atoms with Gasteiger partial charge in [0.05, 0.1) is 5.56 Å². The molecule has 0 aliphatic heterocycles. The zero-order valence-electron chi connectivity index (χ0n) is 15.2. The molecule has 134 valence electrons. The highest BCUT2D eigenvalue weighted by atomic mass is 35.5. The maximum Gasteiger partial charge on any atom is 0.335 e. The smallest absolute Gasteiger partial charge is 0.335 e. The van der Waals surface area contributed by atoms with Gasteiger partial charge in [-0.15, -0.1) is 0 Å². The third-order valence-electron chi connectivity index (χ3n) is 6.30. The summed E-state index contributed by atoms with van der Waals surface area (Å²) >= 11 is 6.68. The molecule has 2 nitrogen and oxygen atoms in total. The van der Waals surface area contributed by atoms with E-state index in [2.05, 4.69) is 32.6 Å². The van der Waals surface area contributed by atoms with Crippen LogP contribution < -0.4 is 0 Å². The second kappa shape index (κ2) is 5.72. The molecule has 0 radical (unpaired) electrons. The molecule has 2 aliphatic carbocycles. The van der Waals surface area contributed by atoms with Crippen LogP contribution in [0.25, 0.3) is 5.57 Å². The van der Waals surface area contributed by atoms with E-state index < -0.39 is 5.97 Å². The van der Waals surface area contributed by atoms with Crippen molar-refractivity contribution in [1.29, 1.82) is 0 Å². The molecule has 1 saturated carbocycles. The van der Waals surface area contributed by atoms with Gasteiger partial charge >= 0.3 is 5.97 Å². The molecule has 0 bridgehead atoms. The Morgan fingerprint density at radius 3 is 2.15 bits per heavy atom. The Balaban J connectivity index is 1.78. The summed E-state index contributed by atoms with van der Waals surface area (Å²) in [5, 5.41) is 9.81. The van der Waals surface area contributed by atoms with Crippen LogP contribution in [0.1, 0.15) is 72.1 Å². The third-order valence-corrected chi connectivity index (χ3v) is 6.61. The first-order chi connectivity index (χ1) is 12.2. The normalized spacial score (nSPS) is 19.0. The fraction of sp³-hybridized carbons (Fsp3) is 0.348. The van der Waals surface area contributed by atoms with E-state index in [1.54, 1.807) is 24.3 Å². The van der Waals surface area contributed by atoms with Crippen molar-refractivity contribution in [3.63, 3.8) is 0 Å². The van der Waals surface area contributed by atoms with Gasteiger partial charge in [0, 0.05) is 10.6 Å². The summed E-state index contributed by atoms with van der Waals surface area (Å²) in [5.41, 5.74) is 6.26. The minimum absolute atomic E-state index is 0.135. The Morgan fingerprint density at radius 1 is 1.00 bits per heavy atom. The number of carboxylic acid groups (broad SMARTS) is 1. The van der Waals surface area contributed by atoms with E-state index in [0.717, 1.165) is 21.7 Å². The van der Waals surface area contributed by atoms with Gasteiger partial charge in [-0.05, 0) is 83.0 Å². The van der Waals surface area contributed by atoms with Crippen molar-refractivity contribution in [2.45, 2.75) is 50.4 Å². The minimum Gasteiger partial charge on any atom is -0.478 e. The molecule has 0 aromatic heterocycles. The van der Waals surface area contributed by atoms with Crippen molar-refractivity contribution < 1.29 is 9.90 Å². The Labute approximate surface area is 159 Å². The second-order valence-corrected chi connectivity index (χ2v) is 8.81. The van der Waals surface area contributed by atoms with Crippen molar-refractivity contribution in [3.8, 4) is 0 Å². The molecular formula is C23H23ClO2. The maximum absolute atomic E-state index is 11.1. The third kappa shape index (κ3) is 2.68. The Morgan fingerprint density at radius 2 is 1.58 bits per heavy atom. The quantitative estimate of drug-likeness (QED) is 0.701. The highest BCUT2D eigenvalue weighted by molar-refractivity contribution is 6.32. The maximum atomic E-state index is 11.1. The molecule has 0 heterocycles. The van der Waals surface area contributed by atoms with Gasteiger partial charge in [-0.1, -0.05) is 44.2 Å². The van der Waals surface area contributed by atoms with Crippen LogP contribution in [0.2, 0.25) is 5.02 Å². The summed E-state index contributed by atoms with van der Waals surface area (Å²) in [6.07, 6.45) is 4.98. The number of carbonyl (C=O) groups is 1. The molecule has 2 aliphatic rings. The second-order valence-electron chi connectivity index (χ2n) is 8.40. The van der Waals surface area contributed by atoms with Crippen molar-refractivity contribution in [1.82, 2.24) is 0 Å². The average molecular weight is 367 g/mol. The Bertz CT molecular complexity index is 918. The van der Waals surface area contributed by atoms with Crippen molar-refractivity contribution in [2.24, 2.45) is 0 Å². The lowest BCUT2D eigenvalue weighted by atomic mass is 9.66. The van der Waals surface area contributed by atoms with Gasteiger partial charge < -0.3 is 5.11 Å². The lowest BCUT2D eigenvalue weighted by Crippen LogP contribution is -2.30. The molecule has 2 aromatic rings. The van der Waals surface area contributed by atoms with Crippen LogP contribution in [0, 0.1) is 0 Å². The monoisotopic (exact) mass is 366 g/mol. The molecule has 0 saturated heterocycles. The highest BCUT2D eigenvalue weighted by Crippen LogP contribution is 2.59. The van der Waals surface area contributed by atoms with Gasteiger partial charge in [0.2, 0.25) is 0 Å². The zero-order chi connectivity index (χ0) is 18.7. The zero-order valence-corrected chi connectivity index (χ0v) is 16.0. The van der Waals surface area contributed by atoms with E-state index in [1.807, 2.05) is 0 Å². The number of carboxylic acids is 1. The standard InChI is InChI=1S/C23H23ClO2/c1-14(15-4-6-16(7-5-15)21(25)26)17-12-18-19(13-20(17)24)23(10-11-23)9-8-22(18,2)3/h4-7,12-13H,1,8-11H2,2-3H3,(H,25,26). The van der Waals surface area contributed by atoms with E-state index in [0.29, 0.717) is 5.41 Å². The van der Waals surface area contributed by atoms with Crippen LogP contribution in [0.3, 0.4) is 0 Å². The first-order valence-corrected chi connectivity index (χ1v) is 9.49. The van der Waals surface area contributed by atoms with E-state index in [9.17, 15) is 4.79 Å². The SMILES string of the molecule is C=C(c1ccc(C(=O)O)cc1)c1cc2c(cc1Cl)C1(CCC2(C)C)CC1. The summed E-state index contributed by atoms with van der Waals surface area (Å²) in [6, 6.07) is 11.2. The minimum atomic E-state index is -0.926.